The van der Waals surface area contributed by atoms with Gasteiger partial charge in [0.2, 0.25) is 5.88 Å². The van der Waals surface area contributed by atoms with Crippen LogP contribution in [0.3, 0.4) is 0 Å². The van der Waals surface area contributed by atoms with Crippen LogP contribution in [0.4, 0.5) is 18.9 Å². The standard InChI is InChI=1S/C18H16F3N3O2/c19-18(20,21)11-26-17-15(12-4-1-2-5-12)8-13(9-23-17)16(25)24-14-6-3-7-22-10-14/h3-4,6-10H,1-2,5,11H2,(H,24,25). The van der Waals surface area contributed by atoms with Crippen molar-refractivity contribution in [2.24, 2.45) is 0 Å². The molecule has 0 saturated carbocycles. The third kappa shape index (κ3) is 4.59. The van der Waals surface area contributed by atoms with E-state index in [4.69, 9.17) is 4.74 Å². The molecule has 1 amide bonds. The van der Waals surface area contributed by atoms with E-state index >= 15 is 0 Å². The highest BCUT2D eigenvalue weighted by molar-refractivity contribution is 6.04. The highest BCUT2D eigenvalue weighted by atomic mass is 19.4. The number of rotatable bonds is 5. The number of nitrogens with zero attached hydrogens (tertiary/aromatic N) is 2. The van der Waals surface area contributed by atoms with Crippen molar-refractivity contribution in [1.82, 2.24) is 9.97 Å². The van der Waals surface area contributed by atoms with Gasteiger partial charge in [0.15, 0.2) is 6.61 Å². The van der Waals surface area contributed by atoms with Crippen LogP contribution in [0.1, 0.15) is 35.2 Å². The summed E-state index contributed by atoms with van der Waals surface area (Å²) >= 11 is 0. The average molecular weight is 363 g/mol. The monoisotopic (exact) mass is 363 g/mol. The second kappa shape index (κ2) is 7.55. The molecule has 0 saturated heterocycles. The van der Waals surface area contributed by atoms with E-state index in [0.29, 0.717) is 17.7 Å². The van der Waals surface area contributed by atoms with Crippen LogP contribution in [0.2, 0.25) is 0 Å². The molecule has 0 fully saturated rings. The number of carbonyl (C=O) groups excluding carboxylic acids is 1. The smallest absolute Gasteiger partial charge is 0.422 e. The lowest BCUT2D eigenvalue weighted by molar-refractivity contribution is -0.154. The van der Waals surface area contributed by atoms with Gasteiger partial charge in [-0.1, -0.05) is 6.08 Å². The Balaban J connectivity index is 1.85. The molecule has 2 heterocycles. The number of ether oxygens (including phenoxy) is 1. The minimum atomic E-state index is -4.46. The molecule has 0 bridgehead atoms. The van der Waals surface area contributed by atoms with Gasteiger partial charge < -0.3 is 10.1 Å². The Hall–Kier alpha value is -2.90. The summed E-state index contributed by atoms with van der Waals surface area (Å²) in [6, 6.07) is 4.87. The first-order valence-electron chi connectivity index (χ1n) is 8.03. The molecule has 8 heteroatoms. The summed E-state index contributed by atoms with van der Waals surface area (Å²) in [6.07, 6.45) is 4.19. The molecule has 5 nitrogen and oxygen atoms in total. The van der Waals surface area contributed by atoms with E-state index in [1.54, 1.807) is 18.3 Å². The van der Waals surface area contributed by atoms with Crippen LogP contribution in [0.15, 0.2) is 42.9 Å². The quantitative estimate of drug-likeness (QED) is 0.863. The van der Waals surface area contributed by atoms with E-state index in [9.17, 15) is 18.0 Å². The van der Waals surface area contributed by atoms with Crippen molar-refractivity contribution in [2.75, 3.05) is 11.9 Å². The number of carbonyl (C=O) groups is 1. The fourth-order valence-electron chi connectivity index (χ4n) is 2.63. The zero-order valence-corrected chi connectivity index (χ0v) is 13.7. The van der Waals surface area contributed by atoms with Crippen molar-refractivity contribution in [2.45, 2.75) is 25.4 Å². The summed E-state index contributed by atoms with van der Waals surface area (Å²) in [7, 11) is 0. The zero-order chi connectivity index (χ0) is 18.6. The third-order valence-corrected chi connectivity index (χ3v) is 3.79. The molecule has 136 valence electrons. The molecule has 0 aliphatic heterocycles. The number of amides is 1. The Labute approximate surface area is 147 Å². The lowest BCUT2D eigenvalue weighted by Crippen LogP contribution is -2.20. The minimum absolute atomic E-state index is 0.117. The van der Waals surface area contributed by atoms with Gasteiger partial charge in [-0.05, 0) is 43.0 Å². The minimum Gasteiger partial charge on any atom is -0.468 e. The van der Waals surface area contributed by atoms with E-state index in [2.05, 4.69) is 15.3 Å². The molecule has 2 aromatic heterocycles. The molecule has 3 rings (SSSR count). The summed E-state index contributed by atoms with van der Waals surface area (Å²) in [5.41, 5.74) is 2.00. The van der Waals surface area contributed by atoms with Crippen LogP contribution in [-0.4, -0.2) is 28.7 Å². The Morgan fingerprint density at radius 3 is 2.81 bits per heavy atom. The number of aromatic nitrogens is 2. The average Bonchev–Trinajstić information content (AvgIpc) is 3.14. The van der Waals surface area contributed by atoms with Crippen molar-refractivity contribution in [3.63, 3.8) is 0 Å². The maximum Gasteiger partial charge on any atom is 0.422 e. The van der Waals surface area contributed by atoms with Crippen molar-refractivity contribution in [3.05, 3.63) is 54.0 Å². The SMILES string of the molecule is O=C(Nc1cccnc1)c1cnc(OCC(F)(F)F)c(C2=CCCC2)c1. The van der Waals surface area contributed by atoms with Gasteiger partial charge in [0, 0.05) is 18.0 Å². The Kier molecular flexibility index (Phi) is 5.20. The maximum atomic E-state index is 12.5. The van der Waals surface area contributed by atoms with Gasteiger partial charge in [-0.2, -0.15) is 13.2 Å². The first-order chi connectivity index (χ1) is 12.4. The van der Waals surface area contributed by atoms with E-state index in [1.807, 2.05) is 6.08 Å². The van der Waals surface area contributed by atoms with Crippen LogP contribution in [0, 0.1) is 0 Å². The molecule has 1 aliphatic rings. The highest BCUT2D eigenvalue weighted by Crippen LogP contribution is 2.34. The van der Waals surface area contributed by atoms with Gasteiger partial charge in [-0.15, -0.1) is 0 Å². The first-order valence-corrected chi connectivity index (χ1v) is 8.03. The van der Waals surface area contributed by atoms with Gasteiger partial charge in [0.25, 0.3) is 5.91 Å². The summed E-state index contributed by atoms with van der Waals surface area (Å²) in [5, 5.41) is 2.67. The molecule has 26 heavy (non-hydrogen) atoms. The summed E-state index contributed by atoms with van der Waals surface area (Å²) in [6.45, 7) is -1.43. The number of halogens is 3. The number of hydrogen-bond donors (Lipinski definition) is 1. The third-order valence-electron chi connectivity index (χ3n) is 3.79. The van der Waals surface area contributed by atoms with Crippen molar-refractivity contribution in [1.29, 1.82) is 0 Å². The molecule has 2 aromatic rings. The lowest BCUT2D eigenvalue weighted by Gasteiger charge is -2.14. The molecule has 0 spiro atoms. The fourth-order valence-corrected chi connectivity index (χ4v) is 2.63. The summed E-state index contributed by atoms with van der Waals surface area (Å²) in [5.74, 6) is -0.541. The van der Waals surface area contributed by atoms with Gasteiger partial charge in [-0.25, -0.2) is 4.98 Å². The molecule has 0 aromatic carbocycles. The van der Waals surface area contributed by atoms with Crippen LogP contribution in [0.5, 0.6) is 5.88 Å². The topological polar surface area (TPSA) is 64.1 Å². The Morgan fingerprint density at radius 1 is 1.31 bits per heavy atom. The Morgan fingerprint density at radius 2 is 2.15 bits per heavy atom. The first kappa shape index (κ1) is 17.9. The van der Waals surface area contributed by atoms with Crippen LogP contribution < -0.4 is 10.1 Å². The number of allylic oxidation sites excluding steroid dienone is 2. The van der Waals surface area contributed by atoms with Gasteiger partial charge in [0.05, 0.1) is 17.4 Å². The molecular weight excluding hydrogens is 347 g/mol. The van der Waals surface area contributed by atoms with Crippen LogP contribution >= 0.6 is 0 Å². The number of pyridine rings is 2. The molecule has 0 unspecified atom stereocenters. The number of nitrogens with one attached hydrogen (secondary N) is 1. The van der Waals surface area contributed by atoms with E-state index in [1.165, 1.54) is 18.5 Å². The largest absolute Gasteiger partial charge is 0.468 e. The number of alkyl halides is 3. The zero-order valence-electron chi connectivity index (χ0n) is 13.7. The molecule has 1 N–H and O–H groups in total. The molecule has 1 aliphatic carbocycles. The lowest BCUT2D eigenvalue weighted by atomic mass is 10.0. The van der Waals surface area contributed by atoms with E-state index < -0.39 is 18.7 Å². The second-order valence-corrected chi connectivity index (χ2v) is 5.80. The van der Waals surface area contributed by atoms with Crippen LogP contribution in [0.25, 0.3) is 5.57 Å². The van der Waals surface area contributed by atoms with Crippen molar-refractivity contribution in [3.8, 4) is 5.88 Å². The molecule has 0 atom stereocenters. The fraction of sp³-hybridized carbons (Fsp3) is 0.278. The van der Waals surface area contributed by atoms with Gasteiger partial charge in [-0.3, -0.25) is 9.78 Å². The number of hydrogen-bond acceptors (Lipinski definition) is 4. The predicted molar refractivity (Wildman–Crippen MR) is 89.8 cm³/mol. The number of anilines is 1. The highest BCUT2D eigenvalue weighted by Gasteiger charge is 2.29. The van der Waals surface area contributed by atoms with Gasteiger partial charge >= 0.3 is 6.18 Å². The van der Waals surface area contributed by atoms with Crippen molar-refractivity contribution >= 4 is 17.2 Å². The second-order valence-electron chi connectivity index (χ2n) is 5.80. The maximum absolute atomic E-state index is 12.5. The van der Waals surface area contributed by atoms with Crippen molar-refractivity contribution < 1.29 is 22.7 Å². The molecular formula is C18H16F3N3O2. The van der Waals surface area contributed by atoms with Gasteiger partial charge in [0.1, 0.15) is 0 Å². The van der Waals surface area contributed by atoms with Crippen LogP contribution in [-0.2, 0) is 0 Å². The van der Waals surface area contributed by atoms with E-state index in [0.717, 1.165) is 18.4 Å². The normalized spacial score (nSPS) is 14.0. The summed E-state index contributed by atoms with van der Waals surface area (Å²) in [4.78, 5) is 20.2. The predicted octanol–water partition coefficient (Wildman–Crippen LogP) is 4.24. The summed E-state index contributed by atoms with van der Waals surface area (Å²) < 4.78 is 42.2. The Bertz CT molecular complexity index is 820. The van der Waals surface area contributed by atoms with E-state index in [-0.39, 0.29) is 11.4 Å². The molecule has 0 radical (unpaired) electrons.